The van der Waals surface area contributed by atoms with Crippen molar-refractivity contribution in [3.05, 3.63) is 33.8 Å². The molecule has 0 aliphatic carbocycles. The van der Waals surface area contributed by atoms with Gasteiger partial charge in [0.1, 0.15) is 0 Å². The van der Waals surface area contributed by atoms with Crippen LogP contribution in [0.15, 0.2) is 18.2 Å². The van der Waals surface area contributed by atoms with Gasteiger partial charge < -0.3 is 5.32 Å². The molecule has 0 bridgehead atoms. The Labute approximate surface area is 138 Å². The average molecular weight is 329 g/mol. The minimum absolute atomic E-state index is 0.572. The Balaban J connectivity index is 2.13. The fourth-order valence-electron chi connectivity index (χ4n) is 3.06. The number of halogens is 2. The molecule has 0 saturated carbocycles. The molecule has 1 heterocycles. The smallest absolute Gasteiger partial charge is 0.0637 e. The zero-order valence-corrected chi connectivity index (χ0v) is 14.7. The molecule has 4 heteroatoms. The third kappa shape index (κ3) is 4.59. The highest BCUT2D eigenvalue weighted by molar-refractivity contribution is 6.42. The Kier molecular flexibility index (Phi) is 6.36. The van der Waals surface area contributed by atoms with Crippen molar-refractivity contribution in [2.24, 2.45) is 5.92 Å². The van der Waals surface area contributed by atoms with Crippen molar-refractivity contribution in [2.45, 2.75) is 52.2 Å². The molecule has 1 saturated heterocycles. The summed E-state index contributed by atoms with van der Waals surface area (Å²) in [4.78, 5) is 2.57. The van der Waals surface area contributed by atoms with Crippen LogP contribution in [-0.4, -0.2) is 30.1 Å². The standard InChI is InChI=1S/C17H26Cl2N2/c1-4-14-11-21(15(9-20-14)8-12(2)3)10-13-6-5-7-16(18)17(13)19/h5-7,12,14-15,20H,4,8-11H2,1-3H3. The van der Waals surface area contributed by atoms with Crippen molar-refractivity contribution in [3.8, 4) is 0 Å². The van der Waals surface area contributed by atoms with Gasteiger partial charge in [-0.15, -0.1) is 0 Å². The predicted octanol–water partition coefficient (Wildman–Crippen LogP) is 4.59. The minimum Gasteiger partial charge on any atom is -0.311 e. The van der Waals surface area contributed by atoms with E-state index in [9.17, 15) is 0 Å². The van der Waals surface area contributed by atoms with Crippen LogP contribution in [0.1, 0.15) is 39.2 Å². The van der Waals surface area contributed by atoms with E-state index in [2.05, 4.69) is 37.1 Å². The van der Waals surface area contributed by atoms with Gasteiger partial charge in [-0.25, -0.2) is 0 Å². The zero-order valence-electron chi connectivity index (χ0n) is 13.2. The van der Waals surface area contributed by atoms with Gasteiger partial charge in [-0.3, -0.25) is 4.90 Å². The monoisotopic (exact) mass is 328 g/mol. The fourth-order valence-corrected chi connectivity index (χ4v) is 3.44. The lowest BCUT2D eigenvalue weighted by molar-refractivity contribution is 0.105. The molecular formula is C17H26Cl2N2. The Morgan fingerprint density at radius 3 is 2.76 bits per heavy atom. The summed E-state index contributed by atoms with van der Waals surface area (Å²) < 4.78 is 0. The van der Waals surface area contributed by atoms with E-state index in [-0.39, 0.29) is 0 Å². The molecule has 1 fully saturated rings. The van der Waals surface area contributed by atoms with E-state index >= 15 is 0 Å². The second-order valence-corrected chi connectivity index (χ2v) is 7.22. The van der Waals surface area contributed by atoms with E-state index in [1.54, 1.807) is 0 Å². The quantitative estimate of drug-likeness (QED) is 0.850. The summed E-state index contributed by atoms with van der Waals surface area (Å²) in [5, 5.41) is 5.02. The lowest BCUT2D eigenvalue weighted by atomic mass is 9.97. The third-order valence-electron chi connectivity index (χ3n) is 4.25. The second kappa shape index (κ2) is 7.82. The van der Waals surface area contributed by atoms with Gasteiger partial charge >= 0.3 is 0 Å². The van der Waals surface area contributed by atoms with Crippen molar-refractivity contribution >= 4 is 23.2 Å². The van der Waals surface area contributed by atoms with Crippen LogP contribution in [0, 0.1) is 5.92 Å². The van der Waals surface area contributed by atoms with Crippen LogP contribution >= 0.6 is 23.2 Å². The maximum atomic E-state index is 6.36. The highest BCUT2D eigenvalue weighted by Gasteiger charge is 2.28. The maximum absolute atomic E-state index is 6.36. The first-order valence-electron chi connectivity index (χ1n) is 7.91. The molecule has 1 aromatic rings. The van der Waals surface area contributed by atoms with E-state index in [4.69, 9.17) is 23.2 Å². The van der Waals surface area contributed by atoms with Crippen molar-refractivity contribution in [1.82, 2.24) is 10.2 Å². The van der Waals surface area contributed by atoms with Gasteiger partial charge in [0.15, 0.2) is 0 Å². The molecule has 2 unspecified atom stereocenters. The summed E-state index contributed by atoms with van der Waals surface area (Å²) in [6, 6.07) is 7.07. The first-order valence-corrected chi connectivity index (χ1v) is 8.67. The molecule has 0 radical (unpaired) electrons. The van der Waals surface area contributed by atoms with E-state index in [0.717, 1.165) is 31.6 Å². The Morgan fingerprint density at radius 2 is 2.10 bits per heavy atom. The number of piperazine rings is 1. The summed E-state index contributed by atoms with van der Waals surface area (Å²) in [5.74, 6) is 0.701. The normalized spacial score (nSPS) is 23.7. The van der Waals surface area contributed by atoms with Gasteiger partial charge in [0.05, 0.1) is 10.0 Å². The number of hydrogen-bond acceptors (Lipinski definition) is 2. The molecule has 0 aromatic heterocycles. The molecule has 0 spiro atoms. The van der Waals surface area contributed by atoms with Crippen LogP contribution in [0.5, 0.6) is 0 Å². The van der Waals surface area contributed by atoms with Gasteiger partial charge in [0, 0.05) is 31.7 Å². The topological polar surface area (TPSA) is 15.3 Å². The lowest BCUT2D eigenvalue weighted by Gasteiger charge is -2.41. The highest BCUT2D eigenvalue weighted by Crippen LogP contribution is 2.28. The molecule has 1 aliphatic heterocycles. The molecule has 2 nitrogen and oxygen atoms in total. The van der Waals surface area contributed by atoms with Crippen molar-refractivity contribution in [2.75, 3.05) is 13.1 Å². The maximum Gasteiger partial charge on any atom is 0.0637 e. The number of nitrogens with one attached hydrogen (secondary N) is 1. The molecule has 118 valence electrons. The number of nitrogens with zero attached hydrogens (tertiary/aromatic N) is 1. The minimum atomic E-state index is 0.572. The van der Waals surface area contributed by atoms with E-state index in [0.29, 0.717) is 28.0 Å². The van der Waals surface area contributed by atoms with Gasteiger partial charge in [-0.2, -0.15) is 0 Å². The number of benzene rings is 1. The third-order valence-corrected chi connectivity index (χ3v) is 5.11. The van der Waals surface area contributed by atoms with Crippen LogP contribution in [0.4, 0.5) is 0 Å². The molecule has 1 N–H and O–H groups in total. The highest BCUT2D eigenvalue weighted by atomic mass is 35.5. The van der Waals surface area contributed by atoms with Crippen LogP contribution in [-0.2, 0) is 6.54 Å². The largest absolute Gasteiger partial charge is 0.311 e. The average Bonchev–Trinajstić information content (AvgIpc) is 2.45. The predicted molar refractivity (Wildman–Crippen MR) is 92.2 cm³/mol. The first kappa shape index (κ1) is 17.1. The molecule has 2 atom stereocenters. The van der Waals surface area contributed by atoms with Gasteiger partial charge in [0.25, 0.3) is 0 Å². The van der Waals surface area contributed by atoms with Crippen molar-refractivity contribution < 1.29 is 0 Å². The number of rotatable bonds is 5. The van der Waals surface area contributed by atoms with E-state index in [1.807, 2.05) is 12.1 Å². The summed E-state index contributed by atoms with van der Waals surface area (Å²) in [7, 11) is 0. The summed E-state index contributed by atoms with van der Waals surface area (Å²) in [5.41, 5.74) is 1.13. The summed E-state index contributed by atoms with van der Waals surface area (Å²) >= 11 is 12.5. The second-order valence-electron chi connectivity index (χ2n) is 6.44. The first-order chi connectivity index (χ1) is 10.0. The Morgan fingerprint density at radius 1 is 1.33 bits per heavy atom. The molecular weight excluding hydrogens is 303 g/mol. The Bertz CT molecular complexity index is 462. The van der Waals surface area contributed by atoms with Gasteiger partial charge in [-0.05, 0) is 30.4 Å². The van der Waals surface area contributed by atoms with Crippen molar-refractivity contribution in [1.29, 1.82) is 0 Å². The molecule has 2 rings (SSSR count). The fraction of sp³-hybridized carbons (Fsp3) is 0.647. The lowest BCUT2D eigenvalue weighted by Crippen LogP contribution is -2.56. The van der Waals surface area contributed by atoms with E-state index in [1.165, 1.54) is 6.42 Å². The van der Waals surface area contributed by atoms with Crippen molar-refractivity contribution in [3.63, 3.8) is 0 Å². The van der Waals surface area contributed by atoms with Crippen LogP contribution in [0.2, 0.25) is 10.0 Å². The summed E-state index contributed by atoms with van der Waals surface area (Å²) in [6.45, 7) is 9.85. The van der Waals surface area contributed by atoms with Gasteiger partial charge in [-0.1, -0.05) is 56.1 Å². The molecule has 0 amide bonds. The molecule has 21 heavy (non-hydrogen) atoms. The number of hydrogen-bond donors (Lipinski definition) is 1. The van der Waals surface area contributed by atoms with Gasteiger partial charge in [0.2, 0.25) is 0 Å². The SMILES string of the molecule is CCC1CN(Cc2cccc(Cl)c2Cl)C(CC(C)C)CN1. The summed E-state index contributed by atoms with van der Waals surface area (Å²) in [6.07, 6.45) is 2.37. The zero-order chi connectivity index (χ0) is 15.4. The van der Waals surface area contributed by atoms with E-state index < -0.39 is 0 Å². The van der Waals surface area contributed by atoms with Crippen LogP contribution < -0.4 is 5.32 Å². The Hall–Kier alpha value is -0.280. The molecule has 1 aromatic carbocycles. The van der Waals surface area contributed by atoms with Crippen LogP contribution in [0.3, 0.4) is 0 Å². The molecule has 1 aliphatic rings. The van der Waals surface area contributed by atoms with Crippen LogP contribution in [0.25, 0.3) is 0 Å².